The third-order valence-electron chi connectivity index (χ3n) is 4.47. The van der Waals surface area contributed by atoms with Gasteiger partial charge in [0.05, 0.1) is 16.9 Å². The van der Waals surface area contributed by atoms with E-state index < -0.39 is 0 Å². The predicted molar refractivity (Wildman–Crippen MR) is 92.0 cm³/mol. The van der Waals surface area contributed by atoms with Gasteiger partial charge in [-0.15, -0.1) is 0 Å². The maximum Gasteiger partial charge on any atom is 0.0831 e. The zero-order valence-electron chi connectivity index (χ0n) is 13.4. The summed E-state index contributed by atoms with van der Waals surface area (Å²) in [6.45, 7) is 4.17. The fourth-order valence-corrected chi connectivity index (χ4v) is 3.31. The Morgan fingerprint density at radius 3 is 2.91 bits per heavy atom. The van der Waals surface area contributed by atoms with Crippen LogP contribution in [0.3, 0.4) is 0 Å². The summed E-state index contributed by atoms with van der Waals surface area (Å²) in [5.74, 6) is 0. The molecule has 6 heteroatoms. The van der Waals surface area contributed by atoms with Gasteiger partial charge in [-0.25, -0.2) is 4.68 Å². The Labute approximate surface area is 142 Å². The van der Waals surface area contributed by atoms with Crippen LogP contribution in [0.4, 0.5) is 0 Å². The number of aliphatic hydroxyl groups excluding tert-OH is 1. The first-order valence-electron chi connectivity index (χ1n) is 7.99. The number of likely N-dealkylation sites (N-methyl/N-ethyl adjacent to an activating group) is 1. The van der Waals surface area contributed by atoms with E-state index in [9.17, 15) is 5.11 Å². The van der Waals surface area contributed by atoms with Crippen molar-refractivity contribution in [1.29, 1.82) is 0 Å². The van der Waals surface area contributed by atoms with Gasteiger partial charge in [-0.05, 0) is 25.6 Å². The van der Waals surface area contributed by atoms with E-state index in [-0.39, 0.29) is 6.61 Å². The van der Waals surface area contributed by atoms with Crippen molar-refractivity contribution >= 4 is 11.6 Å². The van der Waals surface area contributed by atoms with Gasteiger partial charge in [-0.3, -0.25) is 4.90 Å². The SMILES string of the molecule is CN1CCN(Cc2cnn(-c3ccccc3Cl)c2)C[C@@H]1CCO. The largest absolute Gasteiger partial charge is 0.396 e. The van der Waals surface area contributed by atoms with E-state index in [1.807, 2.05) is 41.3 Å². The Morgan fingerprint density at radius 1 is 1.30 bits per heavy atom. The Balaban J connectivity index is 1.66. The molecule has 0 bridgehead atoms. The summed E-state index contributed by atoms with van der Waals surface area (Å²) in [5.41, 5.74) is 2.08. The number of para-hydroxylation sites is 1. The number of aliphatic hydroxyl groups is 1. The third-order valence-corrected chi connectivity index (χ3v) is 4.78. The molecular weight excluding hydrogens is 312 g/mol. The van der Waals surface area contributed by atoms with Crippen LogP contribution in [0.25, 0.3) is 5.69 Å². The lowest BCUT2D eigenvalue weighted by Gasteiger charge is -2.39. The van der Waals surface area contributed by atoms with Gasteiger partial charge in [-0.1, -0.05) is 23.7 Å². The first-order valence-corrected chi connectivity index (χ1v) is 8.37. The maximum atomic E-state index is 9.20. The lowest BCUT2D eigenvalue weighted by molar-refractivity contribution is 0.0743. The molecule has 0 aliphatic carbocycles. The normalized spacial score (nSPS) is 20.0. The Bertz CT molecular complexity index is 645. The van der Waals surface area contributed by atoms with Gasteiger partial charge in [0.15, 0.2) is 0 Å². The van der Waals surface area contributed by atoms with Crippen molar-refractivity contribution in [3.05, 3.63) is 47.2 Å². The van der Waals surface area contributed by atoms with E-state index in [1.54, 1.807) is 0 Å². The van der Waals surface area contributed by atoms with E-state index in [2.05, 4.69) is 21.9 Å². The monoisotopic (exact) mass is 334 g/mol. The molecule has 2 heterocycles. The molecule has 1 atom stereocenters. The molecule has 2 aromatic rings. The standard InChI is InChI=1S/C17H23ClN4O/c1-20-7-8-21(13-15(20)6-9-23)11-14-10-19-22(12-14)17-5-3-2-4-16(17)18/h2-5,10,12,15,23H,6-9,11,13H2,1H3/t15-/m0/s1. The van der Waals surface area contributed by atoms with Gasteiger partial charge in [0, 0.05) is 50.6 Å². The summed E-state index contributed by atoms with van der Waals surface area (Å²) in [6, 6.07) is 8.14. The zero-order valence-corrected chi connectivity index (χ0v) is 14.2. The Morgan fingerprint density at radius 2 is 2.13 bits per heavy atom. The molecule has 124 valence electrons. The van der Waals surface area contributed by atoms with Crippen molar-refractivity contribution in [2.75, 3.05) is 33.3 Å². The van der Waals surface area contributed by atoms with E-state index in [4.69, 9.17) is 11.6 Å². The first kappa shape index (κ1) is 16.5. The molecule has 23 heavy (non-hydrogen) atoms. The summed E-state index contributed by atoms with van der Waals surface area (Å²) < 4.78 is 1.83. The Hall–Kier alpha value is -1.40. The van der Waals surface area contributed by atoms with Gasteiger partial charge >= 0.3 is 0 Å². The quantitative estimate of drug-likeness (QED) is 0.908. The third kappa shape index (κ3) is 3.93. The topological polar surface area (TPSA) is 44.5 Å². The van der Waals surface area contributed by atoms with Gasteiger partial charge in [-0.2, -0.15) is 5.10 Å². The number of rotatable bonds is 5. The average Bonchev–Trinajstić information content (AvgIpc) is 2.99. The lowest BCUT2D eigenvalue weighted by Crippen LogP contribution is -2.51. The second-order valence-electron chi connectivity index (χ2n) is 6.13. The summed E-state index contributed by atoms with van der Waals surface area (Å²) >= 11 is 6.23. The number of aromatic nitrogens is 2. The molecule has 3 rings (SSSR count). The fourth-order valence-electron chi connectivity index (χ4n) is 3.08. The highest BCUT2D eigenvalue weighted by Gasteiger charge is 2.24. The van der Waals surface area contributed by atoms with Crippen LogP contribution in [0.5, 0.6) is 0 Å². The van der Waals surface area contributed by atoms with Crippen LogP contribution in [0.2, 0.25) is 5.02 Å². The summed E-state index contributed by atoms with van der Waals surface area (Å²) in [7, 11) is 2.13. The minimum Gasteiger partial charge on any atom is -0.396 e. The molecule has 1 aromatic heterocycles. The molecule has 0 unspecified atom stereocenters. The molecule has 0 spiro atoms. The van der Waals surface area contributed by atoms with Gasteiger partial charge in [0.25, 0.3) is 0 Å². The van der Waals surface area contributed by atoms with Gasteiger partial charge in [0.1, 0.15) is 0 Å². The Kier molecular flexibility index (Phi) is 5.33. The predicted octanol–water partition coefficient (Wildman–Crippen LogP) is 2.02. The van der Waals surface area contributed by atoms with Crippen LogP contribution in [0.15, 0.2) is 36.7 Å². The smallest absolute Gasteiger partial charge is 0.0831 e. The molecule has 1 fully saturated rings. The molecule has 1 aliphatic rings. The van der Waals surface area contributed by atoms with E-state index >= 15 is 0 Å². The molecule has 1 saturated heterocycles. The van der Waals surface area contributed by atoms with E-state index in [1.165, 1.54) is 5.56 Å². The summed E-state index contributed by atoms with van der Waals surface area (Å²) in [4.78, 5) is 4.76. The van der Waals surface area contributed by atoms with Gasteiger partial charge < -0.3 is 10.0 Å². The van der Waals surface area contributed by atoms with Crippen molar-refractivity contribution in [2.24, 2.45) is 0 Å². The van der Waals surface area contributed by atoms with Crippen LogP contribution in [-0.4, -0.2) is 64.0 Å². The number of halogens is 1. The first-order chi connectivity index (χ1) is 11.2. The molecule has 5 nitrogen and oxygen atoms in total. The van der Waals surface area contributed by atoms with E-state index in [0.29, 0.717) is 11.1 Å². The minimum absolute atomic E-state index is 0.243. The number of nitrogens with zero attached hydrogens (tertiary/aromatic N) is 4. The fraction of sp³-hybridized carbons (Fsp3) is 0.471. The number of hydrogen-bond acceptors (Lipinski definition) is 4. The molecule has 1 aliphatic heterocycles. The highest BCUT2D eigenvalue weighted by molar-refractivity contribution is 6.32. The van der Waals surface area contributed by atoms with Crippen LogP contribution in [0, 0.1) is 0 Å². The maximum absolute atomic E-state index is 9.20. The van der Waals surface area contributed by atoms with Crippen LogP contribution in [-0.2, 0) is 6.54 Å². The zero-order chi connectivity index (χ0) is 16.2. The van der Waals surface area contributed by atoms with Crippen molar-refractivity contribution in [3.63, 3.8) is 0 Å². The lowest BCUT2D eigenvalue weighted by atomic mass is 10.1. The molecule has 1 aromatic carbocycles. The molecule has 0 amide bonds. The molecule has 0 radical (unpaired) electrons. The number of piperazine rings is 1. The molecule has 0 saturated carbocycles. The van der Waals surface area contributed by atoms with Crippen LogP contribution in [0.1, 0.15) is 12.0 Å². The second-order valence-corrected chi connectivity index (χ2v) is 6.53. The average molecular weight is 335 g/mol. The van der Waals surface area contributed by atoms with Crippen LogP contribution >= 0.6 is 11.6 Å². The summed E-state index contributed by atoms with van der Waals surface area (Å²) in [6.07, 6.45) is 4.77. The number of hydrogen-bond donors (Lipinski definition) is 1. The second kappa shape index (κ2) is 7.45. The minimum atomic E-state index is 0.243. The van der Waals surface area contributed by atoms with Crippen molar-refractivity contribution in [2.45, 2.75) is 19.0 Å². The highest BCUT2D eigenvalue weighted by atomic mass is 35.5. The van der Waals surface area contributed by atoms with Crippen LogP contribution < -0.4 is 0 Å². The van der Waals surface area contributed by atoms with Crippen molar-refractivity contribution in [3.8, 4) is 5.69 Å². The van der Waals surface area contributed by atoms with Gasteiger partial charge in [0.2, 0.25) is 0 Å². The number of benzene rings is 1. The van der Waals surface area contributed by atoms with Crippen molar-refractivity contribution < 1.29 is 5.11 Å². The van der Waals surface area contributed by atoms with E-state index in [0.717, 1.165) is 38.3 Å². The summed E-state index contributed by atoms with van der Waals surface area (Å²) in [5, 5.41) is 14.3. The van der Waals surface area contributed by atoms with Crippen molar-refractivity contribution in [1.82, 2.24) is 19.6 Å². The molecular formula is C17H23ClN4O. The highest BCUT2D eigenvalue weighted by Crippen LogP contribution is 2.20. The molecule has 1 N–H and O–H groups in total.